The predicted molar refractivity (Wildman–Crippen MR) is 298 cm³/mol. The van der Waals surface area contributed by atoms with E-state index in [0.29, 0.717) is 17.2 Å². The zero-order valence-corrected chi connectivity index (χ0v) is 44.1. The van der Waals surface area contributed by atoms with Gasteiger partial charge in [0.2, 0.25) is 0 Å². The van der Waals surface area contributed by atoms with E-state index in [1.807, 2.05) is 18.2 Å². The Bertz CT molecular complexity index is 3090. The van der Waals surface area contributed by atoms with Gasteiger partial charge in [-0.1, -0.05) is 127 Å². The second kappa shape index (κ2) is 19.8. The average molecular weight is 951 g/mol. The topological polar surface area (TPSA) is 44.8 Å². The number of aryl methyl sites for hydroxylation is 12. The lowest BCUT2D eigenvalue weighted by molar-refractivity contribution is 0.299. The molecule has 0 aliphatic rings. The standard InChI is InChI=1S/C66H63O4P/c1-40-19-13-20-41(2)61(40)52-31-34-58(55(37-52)64-46(7)25-16-26-47(64)8)68-71(67,69-59-35-32-53(62-42(3)21-14-22-43(62)4)38-56(59)65-48(9)27-17-28-49(65)10)70-60-36-33-54(63-44(5)23-15-24-45(63)6)39-57(60)66-50(11)29-18-30-51(66)12/h13-39H,1-12H3. The summed E-state index contributed by atoms with van der Waals surface area (Å²) in [5.41, 5.74) is 25.2. The molecule has 356 valence electrons. The van der Waals surface area contributed by atoms with Gasteiger partial charge in [0.1, 0.15) is 17.2 Å². The first-order valence-corrected chi connectivity index (χ1v) is 26.0. The predicted octanol–water partition coefficient (Wildman–Crippen LogP) is 19.0. The fourth-order valence-corrected chi connectivity index (χ4v) is 12.1. The Kier molecular flexibility index (Phi) is 13.5. The van der Waals surface area contributed by atoms with Gasteiger partial charge in [0.15, 0.2) is 0 Å². The molecule has 9 aromatic rings. The number of phosphoric ester groups is 1. The lowest BCUT2D eigenvalue weighted by Crippen LogP contribution is -2.10. The van der Waals surface area contributed by atoms with Crippen molar-refractivity contribution >= 4 is 7.82 Å². The van der Waals surface area contributed by atoms with Gasteiger partial charge in [-0.3, -0.25) is 0 Å². The molecule has 0 heterocycles. The summed E-state index contributed by atoms with van der Waals surface area (Å²) < 4.78 is 37.9. The first kappa shape index (κ1) is 48.6. The second-order valence-electron chi connectivity index (χ2n) is 19.5. The Hall–Kier alpha value is -7.39. The normalized spacial score (nSPS) is 11.4. The highest BCUT2D eigenvalue weighted by Crippen LogP contribution is 2.56. The quantitative estimate of drug-likeness (QED) is 0.114. The van der Waals surface area contributed by atoms with Crippen molar-refractivity contribution < 1.29 is 18.1 Å². The van der Waals surface area contributed by atoms with Gasteiger partial charge in [-0.2, -0.15) is 4.57 Å². The molecule has 4 nitrogen and oxygen atoms in total. The van der Waals surface area contributed by atoms with Gasteiger partial charge in [-0.15, -0.1) is 0 Å². The van der Waals surface area contributed by atoms with Gasteiger partial charge in [-0.25, -0.2) is 0 Å². The molecule has 9 aromatic carbocycles. The van der Waals surface area contributed by atoms with Crippen LogP contribution in [0, 0.1) is 83.1 Å². The van der Waals surface area contributed by atoms with E-state index in [9.17, 15) is 0 Å². The van der Waals surface area contributed by atoms with Crippen molar-refractivity contribution in [3.8, 4) is 84.0 Å². The lowest BCUT2D eigenvalue weighted by atomic mass is 9.90. The molecular formula is C66H63O4P. The molecule has 0 aromatic heterocycles. The monoisotopic (exact) mass is 950 g/mol. The van der Waals surface area contributed by atoms with Gasteiger partial charge >= 0.3 is 7.82 Å². The number of hydrogen-bond acceptors (Lipinski definition) is 4. The van der Waals surface area contributed by atoms with Crippen LogP contribution < -0.4 is 13.6 Å². The van der Waals surface area contributed by atoms with Crippen LogP contribution in [0.25, 0.3) is 66.8 Å². The lowest BCUT2D eigenvalue weighted by Gasteiger charge is -2.26. The molecule has 0 amide bonds. The molecule has 0 saturated carbocycles. The van der Waals surface area contributed by atoms with E-state index < -0.39 is 7.82 Å². The van der Waals surface area contributed by atoms with Gasteiger partial charge in [0.25, 0.3) is 0 Å². The van der Waals surface area contributed by atoms with E-state index in [1.54, 1.807) is 0 Å². The summed E-state index contributed by atoms with van der Waals surface area (Å²) in [7, 11) is -4.74. The van der Waals surface area contributed by atoms with Crippen LogP contribution >= 0.6 is 7.82 Å². The van der Waals surface area contributed by atoms with Crippen molar-refractivity contribution in [3.05, 3.63) is 231 Å². The molecule has 0 spiro atoms. The molecule has 0 saturated heterocycles. The summed E-state index contributed by atoms with van der Waals surface area (Å²) in [4.78, 5) is 0. The fraction of sp³-hybridized carbons (Fsp3) is 0.182. The van der Waals surface area contributed by atoms with Crippen molar-refractivity contribution in [2.24, 2.45) is 0 Å². The highest BCUT2D eigenvalue weighted by molar-refractivity contribution is 7.49. The average Bonchev–Trinajstić information content (AvgIpc) is 3.31. The minimum Gasteiger partial charge on any atom is -0.385 e. The highest BCUT2D eigenvalue weighted by atomic mass is 31.2. The van der Waals surface area contributed by atoms with E-state index >= 15 is 4.57 Å². The van der Waals surface area contributed by atoms with Crippen molar-refractivity contribution in [2.75, 3.05) is 0 Å². The summed E-state index contributed by atoms with van der Waals surface area (Å²) in [6.07, 6.45) is 0. The molecule has 0 radical (unpaired) electrons. The Labute approximate surface area is 421 Å². The molecule has 0 aliphatic carbocycles. The van der Waals surface area contributed by atoms with Crippen LogP contribution in [0.3, 0.4) is 0 Å². The summed E-state index contributed by atoms with van der Waals surface area (Å²) in [5.74, 6) is 1.13. The van der Waals surface area contributed by atoms with Crippen molar-refractivity contribution in [2.45, 2.75) is 83.1 Å². The first-order valence-electron chi connectivity index (χ1n) is 24.5. The van der Waals surface area contributed by atoms with E-state index in [2.05, 4.69) is 229 Å². The molecule has 0 N–H and O–H groups in total. The van der Waals surface area contributed by atoms with Crippen LogP contribution in [-0.4, -0.2) is 0 Å². The third-order valence-corrected chi connectivity index (χ3v) is 15.4. The Morgan fingerprint density at radius 2 is 0.437 bits per heavy atom. The van der Waals surface area contributed by atoms with Gasteiger partial charge in [0, 0.05) is 16.7 Å². The second-order valence-corrected chi connectivity index (χ2v) is 20.9. The largest absolute Gasteiger partial charge is 0.647 e. The van der Waals surface area contributed by atoms with Crippen LogP contribution in [0.4, 0.5) is 0 Å². The van der Waals surface area contributed by atoms with Crippen LogP contribution in [0.2, 0.25) is 0 Å². The Balaban J connectivity index is 1.30. The van der Waals surface area contributed by atoms with Crippen molar-refractivity contribution in [1.29, 1.82) is 0 Å². The SMILES string of the molecule is Cc1cccc(C)c1-c1ccc(OP(=O)(Oc2ccc(-c3c(C)cccc3C)cc2-c2c(C)cccc2C)Oc2ccc(-c3c(C)cccc3C)cc2-c2c(C)cccc2C)c(-c2c(C)cccc2C)c1. The minimum absolute atomic E-state index is 0.377. The van der Waals surface area contributed by atoms with Crippen molar-refractivity contribution in [1.82, 2.24) is 0 Å². The van der Waals surface area contributed by atoms with E-state index in [1.165, 1.54) is 0 Å². The molecule has 0 atom stereocenters. The van der Waals surface area contributed by atoms with Crippen LogP contribution in [0.15, 0.2) is 164 Å². The molecule has 0 aliphatic heterocycles. The summed E-state index contributed by atoms with van der Waals surface area (Å²) >= 11 is 0. The molecule has 71 heavy (non-hydrogen) atoms. The Morgan fingerprint density at radius 3 is 0.634 bits per heavy atom. The molecular weight excluding hydrogens is 888 g/mol. The first-order chi connectivity index (χ1) is 34.0. The molecule has 5 heteroatoms. The summed E-state index contributed by atoms with van der Waals surface area (Å²) in [6.45, 7) is 25.5. The number of benzene rings is 9. The number of rotatable bonds is 12. The van der Waals surface area contributed by atoms with Crippen LogP contribution in [0.1, 0.15) is 66.8 Å². The maximum atomic E-state index is 16.7. The third kappa shape index (κ3) is 9.62. The van der Waals surface area contributed by atoms with E-state index in [4.69, 9.17) is 13.6 Å². The maximum absolute atomic E-state index is 16.7. The molecule has 0 fully saturated rings. The van der Waals surface area contributed by atoms with E-state index in [0.717, 1.165) is 134 Å². The zero-order chi connectivity index (χ0) is 50.3. The number of phosphoric acid groups is 1. The van der Waals surface area contributed by atoms with Gasteiger partial charge in [0.05, 0.1) is 0 Å². The maximum Gasteiger partial charge on any atom is 0.647 e. The van der Waals surface area contributed by atoms with E-state index in [-0.39, 0.29) is 0 Å². The summed E-state index contributed by atoms with van der Waals surface area (Å²) in [6, 6.07) is 56.3. The third-order valence-electron chi connectivity index (χ3n) is 14.1. The molecule has 0 unspecified atom stereocenters. The zero-order valence-electron chi connectivity index (χ0n) is 43.2. The van der Waals surface area contributed by atoms with Crippen LogP contribution in [-0.2, 0) is 4.57 Å². The van der Waals surface area contributed by atoms with Gasteiger partial charge in [-0.05, 0) is 236 Å². The summed E-state index contributed by atoms with van der Waals surface area (Å²) in [5, 5.41) is 0. The highest BCUT2D eigenvalue weighted by Gasteiger charge is 2.37. The molecule has 0 bridgehead atoms. The smallest absolute Gasteiger partial charge is 0.385 e. The van der Waals surface area contributed by atoms with Gasteiger partial charge < -0.3 is 13.6 Å². The molecule has 9 rings (SSSR count). The Morgan fingerprint density at radius 1 is 0.254 bits per heavy atom. The minimum atomic E-state index is -4.74. The van der Waals surface area contributed by atoms with Crippen molar-refractivity contribution in [3.63, 3.8) is 0 Å². The van der Waals surface area contributed by atoms with Crippen LogP contribution in [0.5, 0.6) is 17.2 Å². The fourth-order valence-electron chi connectivity index (χ4n) is 10.8. The number of hydrogen-bond donors (Lipinski definition) is 0.